The van der Waals surface area contributed by atoms with Crippen molar-refractivity contribution in [2.24, 2.45) is 0 Å². The van der Waals surface area contributed by atoms with Gasteiger partial charge in [-0.2, -0.15) is 17.9 Å². The van der Waals surface area contributed by atoms with Gasteiger partial charge in [0.2, 0.25) is 11.6 Å². The maximum atomic E-state index is 12.8. The van der Waals surface area contributed by atoms with Crippen LogP contribution < -0.4 is 20.9 Å². The largest absolute Gasteiger partial charge is 0.618 e. The van der Waals surface area contributed by atoms with E-state index in [-0.39, 0.29) is 50.2 Å². The third-order valence-corrected chi connectivity index (χ3v) is 6.59. The van der Waals surface area contributed by atoms with Crippen molar-refractivity contribution in [3.63, 3.8) is 0 Å². The standard InChI is InChI=1S/C24H30F3N9O4/c1-16-10-17(36(16)40)11-28-23(39)32(2)22-18(13-37)35(15-29-22)12-21(38)31-19-4-3-5-20(30-19)34-8-6-33(7-9-34)14-24(25,26)27/h3-5,10,13,29H,6-9,11-12,14-15H2,1-2H3,(H,28,39)(H,30,31,38). The molecule has 0 unspecified atom stereocenters. The smallest absolute Gasteiger partial charge is 0.401 e. The number of urea groups is 1. The van der Waals surface area contributed by atoms with Crippen LogP contribution in [0.5, 0.6) is 0 Å². The molecule has 0 radical (unpaired) electrons. The Hall–Kier alpha value is -4.34. The van der Waals surface area contributed by atoms with Crippen LogP contribution in [0.15, 0.2) is 41.5 Å². The normalized spacial score (nSPS) is 17.8. The molecule has 1 aromatic heterocycles. The van der Waals surface area contributed by atoms with E-state index in [0.29, 0.717) is 41.3 Å². The summed E-state index contributed by atoms with van der Waals surface area (Å²) < 4.78 is 38.7. The molecule has 0 aliphatic carbocycles. The summed E-state index contributed by atoms with van der Waals surface area (Å²) in [5.41, 5.74) is 1.05. The highest BCUT2D eigenvalue weighted by Crippen LogP contribution is 2.21. The third-order valence-electron chi connectivity index (χ3n) is 6.59. The number of aldehydes is 1. The highest BCUT2D eigenvalue weighted by Gasteiger charge is 2.33. The van der Waals surface area contributed by atoms with Crippen LogP contribution in [-0.4, -0.2) is 114 Å². The zero-order valence-electron chi connectivity index (χ0n) is 22.0. The van der Waals surface area contributed by atoms with Gasteiger partial charge in [-0.3, -0.25) is 19.4 Å². The number of hydroxylamine groups is 1. The van der Waals surface area contributed by atoms with Crippen LogP contribution >= 0.6 is 0 Å². The average molecular weight is 566 g/mol. The fourth-order valence-corrected chi connectivity index (χ4v) is 4.50. The quantitative estimate of drug-likeness (QED) is 0.221. The molecule has 3 aliphatic rings. The molecule has 0 atom stereocenters. The predicted octanol–water partition coefficient (Wildman–Crippen LogP) is 0.445. The van der Waals surface area contributed by atoms with E-state index in [0.717, 1.165) is 0 Å². The first-order chi connectivity index (χ1) is 18.9. The lowest BCUT2D eigenvalue weighted by molar-refractivity contribution is -0.413. The summed E-state index contributed by atoms with van der Waals surface area (Å²) in [4.78, 5) is 47.4. The second-order valence-electron chi connectivity index (χ2n) is 9.48. The average Bonchev–Trinajstić information content (AvgIpc) is 3.31. The van der Waals surface area contributed by atoms with Crippen molar-refractivity contribution in [2.45, 2.75) is 13.1 Å². The Morgan fingerprint density at radius 1 is 1.25 bits per heavy atom. The van der Waals surface area contributed by atoms with Crippen molar-refractivity contribution in [3.05, 3.63) is 46.7 Å². The van der Waals surface area contributed by atoms with E-state index in [2.05, 4.69) is 20.9 Å². The van der Waals surface area contributed by atoms with Crippen LogP contribution in [0.25, 0.3) is 0 Å². The maximum absolute atomic E-state index is 12.8. The van der Waals surface area contributed by atoms with E-state index < -0.39 is 24.7 Å². The van der Waals surface area contributed by atoms with Crippen LogP contribution in [0.1, 0.15) is 6.92 Å². The Bertz CT molecular complexity index is 1260. The Balaban J connectivity index is 1.31. The molecule has 0 spiro atoms. The number of rotatable bonds is 9. The van der Waals surface area contributed by atoms with Gasteiger partial charge in [-0.25, -0.2) is 9.78 Å². The number of alkyl halides is 3. The van der Waals surface area contributed by atoms with Crippen LogP contribution in [0, 0.1) is 5.21 Å². The molecule has 1 fully saturated rings. The summed E-state index contributed by atoms with van der Waals surface area (Å²) in [6.45, 7) is 1.81. The molecule has 4 rings (SSSR count). The summed E-state index contributed by atoms with van der Waals surface area (Å²) in [5, 5.41) is 19.8. The van der Waals surface area contributed by atoms with Gasteiger partial charge in [-0.1, -0.05) is 6.07 Å². The maximum Gasteiger partial charge on any atom is 0.401 e. The van der Waals surface area contributed by atoms with Crippen molar-refractivity contribution in [1.82, 2.24) is 30.3 Å². The molecule has 40 heavy (non-hydrogen) atoms. The number of hydrogen-bond acceptors (Lipinski definition) is 9. The number of amides is 3. The lowest BCUT2D eigenvalue weighted by atomic mass is 10.2. The first-order valence-corrected chi connectivity index (χ1v) is 12.5. The summed E-state index contributed by atoms with van der Waals surface area (Å²) >= 11 is 0. The van der Waals surface area contributed by atoms with E-state index in [9.17, 15) is 32.8 Å². The molecule has 0 bridgehead atoms. The van der Waals surface area contributed by atoms with Gasteiger partial charge in [-0.05, 0) is 12.1 Å². The molecule has 0 saturated carbocycles. The van der Waals surface area contributed by atoms with E-state index >= 15 is 0 Å². The summed E-state index contributed by atoms with van der Waals surface area (Å²) in [7, 11) is 1.45. The number of piperazine rings is 1. The number of halogens is 3. The van der Waals surface area contributed by atoms with Crippen LogP contribution in [0.4, 0.5) is 29.6 Å². The molecule has 0 aromatic carbocycles. The number of nitrogens with one attached hydrogen (secondary N) is 3. The third kappa shape index (κ3) is 6.80. The second-order valence-corrected chi connectivity index (χ2v) is 9.48. The number of aromatic nitrogens is 1. The van der Waals surface area contributed by atoms with Gasteiger partial charge in [0.05, 0.1) is 25.8 Å². The topological polar surface area (TPSA) is 139 Å². The Morgan fingerprint density at radius 3 is 2.60 bits per heavy atom. The van der Waals surface area contributed by atoms with Crippen molar-refractivity contribution >= 4 is 35.6 Å². The molecular formula is C24H30F3N9O4. The molecule has 13 nitrogen and oxygen atoms in total. The highest BCUT2D eigenvalue weighted by atomic mass is 19.4. The fraction of sp³-hybridized carbons (Fsp3) is 0.458. The minimum Gasteiger partial charge on any atom is -0.618 e. The fourth-order valence-electron chi connectivity index (χ4n) is 4.50. The molecular weight excluding hydrogens is 535 g/mol. The molecule has 3 amide bonds. The van der Waals surface area contributed by atoms with Gasteiger partial charge in [0.1, 0.15) is 29.7 Å². The monoisotopic (exact) mass is 565 g/mol. The summed E-state index contributed by atoms with van der Waals surface area (Å²) in [6, 6.07) is 4.44. The zero-order valence-corrected chi connectivity index (χ0v) is 22.0. The molecule has 3 aliphatic heterocycles. The Morgan fingerprint density at radius 2 is 1.98 bits per heavy atom. The molecule has 1 saturated heterocycles. The van der Waals surface area contributed by atoms with Crippen molar-refractivity contribution in [3.8, 4) is 0 Å². The van der Waals surface area contributed by atoms with Gasteiger partial charge in [0.15, 0.2) is 12.0 Å². The predicted molar refractivity (Wildman–Crippen MR) is 139 cm³/mol. The Labute approximate surface area is 228 Å². The van der Waals surface area contributed by atoms with Gasteiger partial charge in [0, 0.05) is 40.2 Å². The van der Waals surface area contributed by atoms with Crippen LogP contribution in [0.2, 0.25) is 0 Å². The second kappa shape index (κ2) is 11.8. The molecule has 216 valence electrons. The minimum absolute atomic E-state index is 0.0230. The number of anilines is 2. The number of pyridine rings is 1. The van der Waals surface area contributed by atoms with Crippen molar-refractivity contribution in [1.29, 1.82) is 0 Å². The first kappa shape index (κ1) is 28.7. The first-order valence-electron chi connectivity index (χ1n) is 12.5. The SMILES string of the molecule is CC1=CC(CNC(=O)N(C)C2=C(C=O)N(CC(=O)Nc3cccc(N4CCN(CC(F)(F)F)CC4)n3)CN2)=[N+]1[O-]. The highest BCUT2D eigenvalue weighted by molar-refractivity contribution is 5.98. The number of carbonyl (C=O) groups excluding carboxylic acids is 3. The van der Waals surface area contributed by atoms with Gasteiger partial charge in [-0.15, -0.1) is 0 Å². The van der Waals surface area contributed by atoms with Gasteiger partial charge >= 0.3 is 12.2 Å². The van der Waals surface area contributed by atoms with E-state index in [4.69, 9.17) is 0 Å². The summed E-state index contributed by atoms with van der Waals surface area (Å²) in [6.07, 6.45) is -2.06. The number of allylic oxidation sites excluding steroid dienone is 2. The molecule has 16 heteroatoms. The molecule has 4 heterocycles. The number of nitrogens with zero attached hydrogens (tertiary/aromatic N) is 6. The van der Waals surface area contributed by atoms with Gasteiger partial charge in [0.25, 0.3) is 0 Å². The Kier molecular flexibility index (Phi) is 8.46. The van der Waals surface area contributed by atoms with Crippen molar-refractivity contribution in [2.75, 3.05) is 69.7 Å². The van der Waals surface area contributed by atoms with E-state index in [1.807, 2.05) is 4.90 Å². The van der Waals surface area contributed by atoms with E-state index in [1.54, 1.807) is 31.2 Å². The zero-order chi connectivity index (χ0) is 29.0. The minimum atomic E-state index is -4.25. The number of hydrogen-bond donors (Lipinski definition) is 3. The molecule has 1 aromatic rings. The van der Waals surface area contributed by atoms with Crippen molar-refractivity contribution < 1.29 is 32.3 Å². The van der Waals surface area contributed by atoms with E-state index in [1.165, 1.54) is 21.7 Å². The van der Waals surface area contributed by atoms with Gasteiger partial charge < -0.3 is 31.0 Å². The lowest BCUT2D eigenvalue weighted by Crippen LogP contribution is -2.49. The lowest BCUT2D eigenvalue weighted by Gasteiger charge is -2.35. The van der Waals surface area contributed by atoms with Crippen LogP contribution in [0.3, 0.4) is 0 Å². The molecule has 3 N–H and O–H groups in total. The summed E-state index contributed by atoms with van der Waals surface area (Å²) in [5.74, 6) is 0.523. The van der Waals surface area contributed by atoms with Crippen LogP contribution in [-0.2, 0) is 9.59 Å². The number of carbonyl (C=O) groups is 3.